The molecule has 0 aliphatic heterocycles. The predicted octanol–water partition coefficient (Wildman–Crippen LogP) is 5.76. The molecular weight excluding hydrogens is 392 g/mol. The second kappa shape index (κ2) is 9.52. The zero-order chi connectivity index (χ0) is 21.8. The quantitative estimate of drug-likeness (QED) is 0.469. The minimum absolute atomic E-state index is 0.201. The van der Waals surface area contributed by atoms with Gasteiger partial charge in [0.15, 0.2) is 0 Å². The molecular formula is C25H30N2O2S. The molecule has 0 saturated heterocycles. The van der Waals surface area contributed by atoms with E-state index in [-0.39, 0.29) is 11.4 Å². The molecule has 5 heteroatoms. The van der Waals surface area contributed by atoms with Crippen molar-refractivity contribution in [3.05, 3.63) is 70.7 Å². The number of fused-ring (bicyclic) bond motifs is 1. The van der Waals surface area contributed by atoms with E-state index in [4.69, 9.17) is 0 Å². The number of aromatic nitrogens is 2. The highest BCUT2D eigenvalue weighted by Crippen LogP contribution is 2.34. The molecule has 0 saturated carbocycles. The molecule has 1 aromatic heterocycles. The van der Waals surface area contributed by atoms with Crippen LogP contribution in [0.3, 0.4) is 0 Å². The molecule has 0 unspecified atom stereocenters. The lowest BCUT2D eigenvalue weighted by Gasteiger charge is -2.18. The Morgan fingerprint density at radius 1 is 1.17 bits per heavy atom. The Kier molecular flexibility index (Phi) is 7.03. The summed E-state index contributed by atoms with van der Waals surface area (Å²) in [5.41, 5.74) is 4.03. The molecule has 1 heterocycles. The van der Waals surface area contributed by atoms with E-state index in [0.29, 0.717) is 29.8 Å². The van der Waals surface area contributed by atoms with Crippen molar-refractivity contribution < 1.29 is 5.11 Å². The maximum atomic E-state index is 13.0. The van der Waals surface area contributed by atoms with Gasteiger partial charge in [-0.25, -0.2) is 4.79 Å². The van der Waals surface area contributed by atoms with Gasteiger partial charge in [0.25, 0.3) is 0 Å². The van der Waals surface area contributed by atoms with Crippen LogP contribution in [0.1, 0.15) is 44.2 Å². The van der Waals surface area contributed by atoms with Crippen LogP contribution < -0.4 is 5.69 Å². The van der Waals surface area contributed by atoms with Gasteiger partial charge >= 0.3 is 5.69 Å². The van der Waals surface area contributed by atoms with E-state index in [1.807, 2.05) is 18.2 Å². The van der Waals surface area contributed by atoms with Gasteiger partial charge in [0.2, 0.25) is 0 Å². The van der Waals surface area contributed by atoms with Crippen molar-refractivity contribution in [2.75, 3.05) is 6.26 Å². The molecule has 1 atom stereocenters. The number of nitrogens with zero attached hydrogens (tertiary/aromatic N) is 2. The molecule has 0 bridgehead atoms. The van der Waals surface area contributed by atoms with Crippen molar-refractivity contribution in [1.82, 2.24) is 9.55 Å². The Labute approximate surface area is 182 Å². The fourth-order valence-electron chi connectivity index (χ4n) is 3.66. The smallest absolute Gasteiger partial charge is 0.348 e. The van der Waals surface area contributed by atoms with Crippen LogP contribution in [0.25, 0.3) is 22.2 Å². The average molecular weight is 423 g/mol. The van der Waals surface area contributed by atoms with Gasteiger partial charge in [-0.05, 0) is 42.7 Å². The molecule has 0 fully saturated rings. The summed E-state index contributed by atoms with van der Waals surface area (Å²) in [5, 5.41) is 11.8. The van der Waals surface area contributed by atoms with Gasteiger partial charge in [0.1, 0.15) is 5.75 Å². The molecule has 3 rings (SSSR count). The molecule has 0 aliphatic rings. The summed E-state index contributed by atoms with van der Waals surface area (Å²) in [6.45, 7) is 10.9. The van der Waals surface area contributed by atoms with Gasteiger partial charge in [-0.15, -0.1) is 6.58 Å². The Morgan fingerprint density at radius 2 is 1.87 bits per heavy atom. The van der Waals surface area contributed by atoms with Gasteiger partial charge in [-0.2, -0.15) is 16.7 Å². The van der Waals surface area contributed by atoms with Crippen LogP contribution in [0, 0.1) is 0 Å². The predicted molar refractivity (Wildman–Crippen MR) is 129 cm³/mol. The Balaban J connectivity index is 2.27. The molecule has 1 N–H and O–H groups in total. The number of thioether (sulfide) groups is 1. The van der Waals surface area contributed by atoms with Crippen molar-refractivity contribution in [3.63, 3.8) is 0 Å². The molecule has 0 aliphatic carbocycles. The van der Waals surface area contributed by atoms with E-state index in [2.05, 4.69) is 50.7 Å². The molecule has 158 valence electrons. The van der Waals surface area contributed by atoms with E-state index < -0.39 is 0 Å². The highest BCUT2D eigenvalue weighted by molar-refractivity contribution is 7.99. The average Bonchev–Trinajstić information content (AvgIpc) is 2.74. The SMILES string of the molecule is C=CCc1c(O)ccc2c1c(-c1ccc(C(C)C)cc1)nc(=O)n2CC[C@@H](C)SC. The highest BCUT2D eigenvalue weighted by atomic mass is 32.2. The molecule has 0 amide bonds. The van der Waals surface area contributed by atoms with Crippen molar-refractivity contribution in [2.45, 2.75) is 51.3 Å². The van der Waals surface area contributed by atoms with Crippen LogP contribution in [0.2, 0.25) is 0 Å². The summed E-state index contributed by atoms with van der Waals surface area (Å²) in [6, 6.07) is 11.7. The van der Waals surface area contributed by atoms with Crippen molar-refractivity contribution in [3.8, 4) is 17.0 Å². The van der Waals surface area contributed by atoms with Gasteiger partial charge in [-0.3, -0.25) is 4.57 Å². The van der Waals surface area contributed by atoms with Crippen LogP contribution in [-0.4, -0.2) is 26.2 Å². The largest absolute Gasteiger partial charge is 0.508 e. The van der Waals surface area contributed by atoms with Gasteiger partial charge in [-0.1, -0.05) is 51.1 Å². The lowest BCUT2D eigenvalue weighted by Crippen LogP contribution is -2.25. The van der Waals surface area contributed by atoms with Crippen molar-refractivity contribution >= 4 is 22.7 Å². The molecule has 0 radical (unpaired) electrons. The number of hydrogen-bond donors (Lipinski definition) is 1. The maximum absolute atomic E-state index is 13.0. The van der Waals surface area contributed by atoms with Crippen molar-refractivity contribution in [1.29, 1.82) is 0 Å². The van der Waals surface area contributed by atoms with Gasteiger partial charge < -0.3 is 5.11 Å². The fourth-order valence-corrected chi connectivity index (χ4v) is 4.00. The van der Waals surface area contributed by atoms with Crippen LogP contribution >= 0.6 is 11.8 Å². The zero-order valence-corrected chi connectivity index (χ0v) is 19.0. The lowest BCUT2D eigenvalue weighted by atomic mass is 9.96. The van der Waals surface area contributed by atoms with Crippen LogP contribution in [-0.2, 0) is 13.0 Å². The summed E-state index contributed by atoms with van der Waals surface area (Å²) < 4.78 is 1.74. The van der Waals surface area contributed by atoms with E-state index in [1.54, 1.807) is 28.5 Å². The van der Waals surface area contributed by atoms with Crippen LogP contribution in [0.15, 0.2) is 53.8 Å². The fraction of sp³-hybridized carbons (Fsp3) is 0.360. The Hall–Kier alpha value is -2.53. The number of phenolic OH excluding ortho intramolecular Hbond substituents is 1. The van der Waals surface area contributed by atoms with Crippen molar-refractivity contribution in [2.24, 2.45) is 0 Å². The number of hydrogen-bond acceptors (Lipinski definition) is 4. The molecule has 30 heavy (non-hydrogen) atoms. The zero-order valence-electron chi connectivity index (χ0n) is 18.2. The van der Waals surface area contributed by atoms with E-state index in [0.717, 1.165) is 28.5 Å². The third-order valence-corrected chi connectivity index (χ3v) is 6.63. The first-order valence-corrected chi connectivity index (χ1v) is 11.7. The van der Waals surface area contributed by atoms with E-state index in [9.17, 15) is 9.90 Å². The maximum Gasteiger partial charge on any atom is 0.348 e. The number of aryl methyl sites for hydroxylation is 1. The molecule has 2 aromatic carbocycles. The normalized spacial score (nSPS) is 12.4. The second-order valence-electron chi connectivity index (χ2n) is 7.96. The number of allylic oxidation sites excluding steroid dienone is 1. The molecule has 0 spiro atoms. The topological polar surface area (TPSA) is 55.1 Å². The van der Waals surface area contributed by atoms with Gasteiger partial charge in [0, 0.05) is 28.3 Å². The van der Waals surface area contributed by atoms with E-state index in [1.165, 1.54) is 5.56 Å². The number of phenols is 1. The summed E-state index contributed by atoms with van der Waals surface area (Å²) in [4.78, 5) is 17.5. The Morgan fingerprint density at radius 3 is 2.47 bits per heavy atom. The monoisotopic (exact) mass is 422 g/mol. The standard InChI is InChI=1S/C25H30N2O2S/c1-6-7-20-22(28)13-12-21-23(20)24(19-10-8-18(9-11-19)16(2)3)26-25(29)27(21)15-14-17(4)30-5/h6,8-13,16-17,28H,1,7,14-15H2,2-5H3/t17-/m1/s1. The number of benzene rings is 2. The molecule has 4 nitrogen and oxygen atoms in total. The lowest BCUT2D eigenvalue weighted by molar-refractivity contribution is 0.470. The second-order valence-corrected chi connectivity index (χ2v) is 9.23. The minimum Gasteiger partial charge on any atom is -0.508 e. The third-order valence-electron chi connectivity index (χ3n) is 5.59. The summed E-state index contributed by atoms with van der Waals surface area (Å²) in [5.74, 6) is 0.627. The van der Waals surface area contributed by atoms with E-state index >= 15 is 0 Å². The van der Waals surface area contributed by atoms with Crippen LogP contribution in [0.5, 0.6) is 5.75 Å². The molecule has 3 aromatic rings. The number of rotatable bonds is 8. The number of aromatic hydroxyl groups is 1. The first-order valence-electron chi connectivity index (χ1n) is 10.4. The first kappa shape index (κ1) is 22.2. The summed E-state index contributed by atoms with van der Waals surface area (Å²) in [7, 11) is 0. The van der Waals surface area contributed by atoms with Gasteiger partial charge in [0.05, 0.1) is 11.2 Å². The third kappa shape index (κ3) is 4.46. The first-order chi connectivity index (χ1) is 14.4. The highest BCUT2D eigenvalue weighted by Gasteiger charge is 2.18. The summed E-state index contributed by atoms with van der Waals surface area (Å²) in [6.07, 6.45) is 5.22. The summed E-state index contributed by atoms with van der Waals surface area (Å²) >= 11 is 1.78. The Bertz CT molecular complexity index is 1100. The minimum atomic E-state index is -0.256. The van der Waals surface area contributed by atoms with Crippen LogP contribution in [0.4, 0.5) is 0 Å².